The second kappa shape index (κ2) is 2.46. The van der Waals surface area contributed by atoms with E-state index in [1.54, 1.807) is 7.05 Å². The number of likely N-dealkylation sites (tertiary alicyclic amines) is 1. The van der Waals surface area contributed by atoms with Crippen molar-refractivity contribution >= 4 is 5.91 Å². The second-order valence-corrected chi connectivity index (χ2v) is 4.12. The van der Waals surface area contributed by atoms with Crippen molar-refractivity contribution < 1.29 is 4.79 Å². The molecule has 0 atom stereocenters. The highest BCUT2D eigenvalue weighted by atomic mass is 16.1. The Hall–Kier alpha value is -0.570. The van der Waals surface area contributed by atoms with E-state index in [1.165, 1.54) is 13.0 Å². The molecular formula is C9H16N2O. The van der Waals surface area contributed by atoms with Crippen LogP contribution in [0, 0.1) is 5.92 Å². The van der Waals surface area contributed by atoms with Gasteiger partial charge in [-0.1, -0.05) is 0 Å². The molecule has 2 fully saturated rings. The van der Waals surface area contributed by atoms with Crippen molar-refractivity contribution in [3.63, 3.8) is 0 Å². The fourth-order valence-corrected chi connectivity index (χ4v) is 2.41. The molecule has 12 heavy (non-hydrogen) atoms. The van der Waals surface area contributed by atoms with Crippen LogP contribution in [0.15, 0.2) is 0 Å². The van der Waals surface area contributed by atoms with Crippen LogP contribution < -0.4 is 5.32 Å². The van der Waals surface area contributed by atoms with Crippen molar-refractivity contribution in [1.29, 1.82) is 0 Å². The molecule has 2 rings (SSSR count). The van der Waals surface area contributed by atoms with Gasteiger partial charge in [-0.15, -0.1) is 0 Å². The topological polar surface area (TPSA) is 32.3 Å². The maximum Gasteiger partial charge on any atom is 0.222 e. The normalized spacial score (nSPS) is 40.3. The molecule has 0 radical (unpaired) electrons. The van der Waals surface area contributed by atoms with E-state index in [0.717, 1.165) is 12.8 Å². The van der Waals surface area contributed by atoms with E-state index in [4.69, 9.17) is 0 Å². The summed E-state index contributed by atoms with van der Waals surface area (Å²) in [5.74, 6) is 0.513. The summed E-state index contributed by atoms with van der Waals surface area (Å²) < 4.78 is 0. The Balaban J connectivity index is 1.87. The first-order valence-electron chi connectivity index (χ1n) is 4.61. The molecule has 68 valence electrons. The van der Waals surface area contributed by atoms with Gasteiger partial charge in [-0.25, -0.2) is 0 Å². The van der Waals surface area contributed by atoms with Crippen LogP contribution in [0.4, 0.5) is 0 Å². The molecule has 0 aromatic carbocycles. The first-order valence-corrected chi connectivity index (χ1v) is 4.61. The van der Waals surface area contributed by atoms with Crippen LogP contribution in [0.2, 0.25) is 0 Å². The van der Waals surface area contributed by atoms with E-state index in [1.807, 2.05) is 0 Å². The van der Waals surface area contributed by atoms with E-state index in [0.29, 0.717) is 5.54 Å². The molecule has 1 N–H and O–H groups in total. The number of nitrogens with zero attached hydrogens (tertiary/aromatic N) is 1. The van der Waals surface area contributed by atoms with E-state index in [2.05, 4.69) is 17.3 Å². The van der Waals surface area contributed by atoms with Crippen LogP contribution in [0.5, 0.6) is 0 Å². The minimum atomic E-state index is 0.223. The summed E-state index contributed by atoms with van der Waals surface area (Å²) in [4.78, 5) is 13.6. The minimum absolute atomic E-state index is 0.223. The molecule has 3 nitrogen and oxygen atoms in total. The third-order valence-corrected chi connectivity index (χ3v) is 3.59. The largest absolute Gasteiger partial charge is 0.359 e. The molecule has 0 bridgehead atoms. The zero-order chi connectivity index (χ0) is 8.77. The van der Waals surface area contributed by atoms with Gasteiger partial charge in [0.25, 0.3) is 0 Å². The lowest BCUT2D eigenvalue weighted by Gasteiger charge is -2.60. The molecule has 0 aromatic heterocycles. The summed E-state index contributed by atoms with van der Waals surface area (Å²) in [5.41, 5.74) is 0.428. The average Bonchev–Trinajstić information content (AvgIpc) is 1.99. The third-order valence-electron chi connectivity index (χ3n) is 3.59. The van der Waals surface area contributed by atoms with E-state index >= 15 is 0 Å². The maximum absolute atomic E-state index is 11.2. The fraction of sp³-hybridized carbons (Fsp3) is 0.889. The molecule has 1 saturated carbocycles. The molecule has 3 heteroatoms. The van der Waals surface area contributed by atoms with Crippen LogP contribution in [0.1, 0.15) is 19.3 Å². The Kier molecular flexibility index (Phi) is 1.65. The SMILES string of the molecule is CNC(=O)C1CC2(CCN2C)C1. The highest BCUT2D eigenvalue weighted by molar-refractivity contribution is 5.79. The number of carbonyl (C=O) groups is 1. The Morgan fingerprint density at radius 3 is 2.58 bits per heavy atom. The van der Waals surface area contributed by atoms with Crippen LogP contribution in [-0.2, 0) is 4.79 Å². The molecule has 2 aliphatic rings. The standard InChI is InChI=1S/C9H16N2O/c1-10-8(12)7-5-9(6-7)3-4-11(9)2/h7H,3-6H2,1-2H3,(H,10,12). The second-order valence-electron chi connectivity index (χ2n) is 4.12. The summed E-state index contributed by atoms with van der Waals surface area (Å²) in [5, 5.41) is 2.71. The summed E-state index contributed by atoms with van der Waals surface area (Å²) in [6.45, 7) is 1.21. The molecular weight excluding hydrogens is 152 g/mol. The molecule has 1 aliphatic carbocycles. The predicted molar refractivity (Wildman–Crippen MR) is 46.8 cm³/mol. The van der Waals surface area contributed by atoms with Gasteiger partial charge in [-0.05, 0) is 26.3 Å². The summed E-state index contributed by atoms with van der Waals surface area (Å²) in [7, 11) is 3.88. The maximum atomic E-state index is 11.2. The monoisotopic (exact) mass is 168 g/mol. The van der Waals surface area contributed by atoms with Gasteiger partial charge in [0.15, 0.2) is 0 Å². The van der Waals surface area contributed by atoms with Gasteiger partial charge < -0.3 is 10.2 Å². The zero-order valence-corrected chi connectivity index (χ0v) is 7.76. The molecule has 1 saturated heterocycles. The molecule has 0 aromatic rings. The summed E-state index contributed by atoms with van der Waals surface area (Å²) in [6.07, 6.45) is 3.43. The van der Waals surface area contributed by atoms with Gasteiger partial charge in [0.05, 0.1) is 0 Å². The number of hydrogen-bond donors (Lipinski definition) is 1. The summed E-state index contributed by atoms with van der Waals surface area (Å²) >= 11 is 0. The zero-order valence-electron chi connectivity index (χ0n) is 7.76. The highest BCUT2D eigenvalue weighted by Crippen LogP contribution is 2.49. The predicted octanol–water partition coefficient (Wildman–Crippen LogP) is 0.217. The fourth-order valence-electron chi connectivity index (χ4n) is 2.41. The van der Waals surface area contributed by atoms with Gasteiger partial charge in [0.1, 0.15) is 0 Å². The lowest BCUT2D eigenvalue weighted by atomic mass is 9.61. The first-order chi connectivity index (χ1) is 5.68. The minimum Gasteiger partial charge on any atom is -0.359 e. The van der Waals surface area contributed by atoms with Gasteiger partial charge in [0, 0.05) is 25.0 Å². The smallest absolute Gasteiger partial charge is 0.222 e. The lowest BCUT2D eigenvalue weighted by Crippen LogP contribution is -2.66. The molecule has 1 aliphatic heterocycles. The van der Waals surface area contributed by atoms with E-state index in [9.17, 15) is 4.79 Å². The van der Waals surface area contributed by atoms with Crippen LogP contribution in [0.3, 0.4) is 0 Å². The Morgan fingerprint density at radius 1 is 1.58 bits per heavy atom. The van der Waals surface area contributed by atoms with Crippen molar-refractivity contribution in [1.82, 2.24) is 10.2 Å². The lowest BCUT2D eigenvalue weighted by molar-refractivity contribution is -0.142. The number of nitrogens with one attached hydrogen (secondary N) is 1. The van der Waals surface area contributed by atoms with Gasteiger partial charge >= 0.3 is 0 Å². The van der Waals surface area contributed by atoms with Crippen LogP contribution >= 0.6 is 0 Å². The highest BCUT2D eigenvalue weighted by Gasteiger charge is 2.53. The van der Waals surface area contributed by atoms with Crippen molar-refractivity contribution in [2.45, 2.75) is 24.8 Å². The molecule has 0 unspecified atom stereocenters. The van der Waals surface area contributed by atoms with Crippen LogP contribution in [0.25, 0.3) is 0 Å². The average molecular weight is 168 g/mol. The van der Waals surface area contributed by atoms with Crippen LogP contribution in [-0.4, -0.2) is 37.0 Å². The Morgan fingerprint density at radius 2 is 2.25 bits per heavy atom. The van der Waals surface area contributed by atoms with Gasteiger partial charge in [-0.2, -0.15) is 0 Å². The molecule has 1 spiro atoms. The molecule has 1 heterocycles. The Bertz CT molecular complexity index is 209. The van der Waals surface area contributed by atoms with Gasteiger partial charge in [0.2, 0.25) is 5.91 Å². The van der Waals surface area contributed by atoms with Crippen molar-refractivity contribution in [3.8, 4) is 0 Å². The third kappa shape index (κ3) is 0.891. The number of amides is 1. The van der Waals surface area contributed by atoms with Crippen molar-refractivity contribution in [2.24, 2.45) is 5.92 Å². The first kappa shape index (κ1) is 8.05. The number of rotatable bonds is 1. The van der Waals surface area contributed by atoms with Gasteiger partial charge in [-0.3, -0.25) is 4.79 Å². The van der Waals surface area contributed by atoms with E-state index < -0.39 is 0 Å². The van der Waals surface area contributed by atoms with Crippen molar-refractivity contribution in [2.75, 3.05) is 20.6 Å². The quantitative estimate of drug-likeness (QED) is 0.607. The number of carbonyl (C=O) groups excluding carboxylic acids is 1. The van der Waals surface area contributed by atoms with E-state index in [-0.39, 0.29) is 11.8 Å². The number of hydrogen-bond acceptors (Lipinski definition) is 2. The molecule has 1 amide bonds. The summed E-state index contributed by atoms with van der Waals surface area (Å²) in [6, 6.07) is 0. The van der Waals surface area contributed by atoms with Crippen molar-refractivity contribution in [3.05, 3.63) is 0 Å². The Labute approximate surface area is 73.1 Å².